The van der Waals surface area contributed by atoms with Gasteiger partial charge in [-0.3, -0.25) is 9.69 Å². The molecular weight excluding hydrogens is 430 g/mol. The third-order valence-corrected chi connectivity index (χ3v) is 7.46. The topological polar surface area (TPSA) is 107 Å². The van der Waals surface area contributed by atoms with Gasteiger partial charge in [0.2, 0.25) is 15.9 Å². The predicted molar refractivity (Wildman–Crippen MR) is 122 cm³/mol. The Bertz CT molecular complexity index is 1070. The number of carbonyl (C=O) groups is 2. The maximum Gasteiger partial charge on any atom is 0.412 e. The molecule has 0 bridgehead atoms. The lowest BCUT2D eigenvalue weighted by Gasteiger charge is -2.36. The SMILES string of the molecule is C=CC(=O)NC1CCN(S(=O)(=O)c2ccc(N(Cc3ccccc3)C(=O)O)cc2)CC1C. The van der Waals surface area contributed by atoms with Crippen molar-refractivity contribution in [3.63, 3.8) is 0 Å². The number of sulfonamides is 1. The molecule has 3 rings (SSSR count). The van der Waals surface area contributed by atoms with E-state index in [1.165, 1.54) is 39.5 Å². The Kier molecular flexibility index (Phi) is 7.32. The average Bonchev–Trinajstić information content (AvgIpc) is 2.79. The summed E-state index contributed by atoms with van der Waals surface area (Å²) < 4.78 is 27.6. The third-order valence-electron chi connectivity index (χ3n) is 5.58. The van der Waals surface area contributed by atoms with E-state index in [-0.39, 0.29) is 42.4 Å². The molecule has 0 spiro atoms. The molecule has 170 valence electrons. The fourth-order valence-electron chi connectivity index (χ4n) is 3.76. The van der Waals surface area contributed by atoms with Crippen molar-refractivity contribution >= 4 is 27.7 Å². The Balaban J connectivity index is 1.73. The van der Waals surface area contributed by atoms with E-state index in [0.29, 0.717) is 12.1 Å². The smallest absolute Gasteiger partial charge is 0.412 e. The van der Waals surface area contributed by atoms with Gasteiger partial charge >= 0.3 is 6.09 Å². The predicted octanol–water partition coefficient (Wildman–Crippen LogP) is 3.07. The molecule has 2 amide bonds. The van der Waals surface area contributed by atoms with Gasteiger partial charge in [-0.2, -0.15) is 4.31 Å². The molecule has 2 N–H and O–H groups in total. The Labute approximate surface area is 188 Å². The molecule has 8 nitrogen and oxygen atoms in total. The first-order chi connectivity index (χ1) is 15.2. The van der Waals surface area contributed by atoms with E-state index in [1.807, 2.05) is 37.3 Å². The molecule has 32 heavy (non-hydrogen) atoms. The number of carboxylic acid groups (broad SMARTS) is 1. The molecule has 2 atom stereocenters. The number of anilines is 1. The quantitative estimate of drug-likeness (QED) is 0.622. The van der Waals surface area contributed by atoms with E-state index < -0.39 is 16.1 Å². The van der Waals surface area contributed by atoms with Gasteiger partial charge in [-0.25, -0.2) is 13.2 Å². The number of benzene rings is 2. The van der Waals surface area contributed by atoms with Gasteiger partial charge in [0.05, 0.1) is 11.4 Å². The first-order valence-electron chi connectivity index (χ1n) is 10.3. The van der Waals surface area contributed by atoms with Crippen LogP contribution in [-0.4, -0.2) is 49.0 Å². The van der Waals surface area contributed by atoms with Crippen LogP contribution in [0.3, 0.4) is 0 Å². The number of piperidine rings is 1. The lowest BCUT2D eigenvalue weighted by molar-refractivity contribution is -0.117. The summed E-state index contributed by atoms with van der Waals surface area (Å²) in [5, 5.41) is 12.5. The summed E-state index contributed by atoms with van der Waals surface area (Å²) in [5.41, 5.74) is 1.21. The second kappa shape index (κ2) is 9.97. The largest absolute Gasteiger partial charge is 0.465 e. The van der Waals surface area contributed by atoms with Crippen LogP contribution in [0.4, 0.5) is 10.5 Å². The van der Waals surface area contributed by atoms with Crippen molar-refractivity contribution in [1.29, 1.82) is 0 Å². The minimum absolute atomic E-state index is 0.0601. The average molecular weight is 458 g/mol. The molecule has 0 radical (unpaired) electrons. The highest BCUT2D eigenvalue weighted by Gasteiger charge is 2.34. The van der Waals surface area contributed by atoms with E-state index in [2.05, 4.69) is 11.9 Å². The molecule has 2 aromatic carbocycles. The summed E-state index contributed by atoms with van der Waals surface area (Å²) in [7, 11) is -3.74. The van der Waals surface area contributed by atoms with Crippen LogP contribution < -0.4 is 10.2 Å². The summed E-state index contributed by atoms with van der Waals surface area (Å²) >= 11 is 0. The van der Waals surface area contributed by atoms with Crippen molar-refractivity contribution in [2.24, 2.45) is 5.92 Å². The van der Waals surface area contributed by atoms with Gasteiger partial charge in [0.1, 0.15) is 0 Å². The van der Waals surface area contributed by atoms with Crippen molar-refractivity contribution < 1.29 is 23.1 Å². The molecule has 1 fully saturated rings. The highest BCUT2D eigenvalue weighted by Crippen LogP contribution is 2.26. The second-order valence-corrected chi connectivity index (χ2v) is 9.73. The van der Waals surface area contributed by atoms with Gasteiger partial charge < -0.3 is 10.4 Å². The van der Waals surface area contributed by atoms with E-state index in [1.54, 1.807) is 0 Å². The minimum Gasteiger partial charge on any atom is -0.465 e. The van der Waals surface area contributed by atoms with Crippen LogP contribution in [0.5, 0.6) is 0 Å². The van der Waals surface area contributed by atoms with E-state index in [9.17, 15) is 23.1 Å². The van der Waals surface area contributed by atoms with Crippen molar-refractivity contribution in [3.8, 4) is 0 Å². The summed E-state index contributed by atoms with van der Waals surface area (Å²) in [5.74, 6) is -0.331. The van der Waals surface area contributed by atoms with Crippen LogP contribution in [0.25, 0.3) is 0 Å². The molecule has 2 aromatic rings. The summed E-state index contributed by atoms with van der Waals surface area (Å²) in [4.78, 5) is 24.6. The molecule has 1 saturated heterocycles. The van der Waals surface area contributed by atoms with Crippen molar-refractivity contribution in [2.75, 3.05) is 18.0 Å². The number of carbonyl (C=O) groups excluding carboxylic acids is 1. The van der Waals surface area contributed by atoms with Crippen LogP contribution in [0, 0.1) is 5.92 Å². The number of hydrogen-bond acceptors (Lipinski definition) is 4. The van der Waals surface area contributed by atoms with E-state index in [4.69, 9.17) is 0 Å². The second-order valence-electron chi connectivity index (χ2n) is 7.80. The molecule has 9 heteroatoms. The number of hydrogen-bond donors (Lipinski definition) is 2. The van der Waals surface area contributed by atoms with Crippen molar-refractivity contribution in [1.82, 2.24) is 9.62 Å². The Morgan fingerprint density at radius 1 is 1.19 bits per heavy atom. The van der Waals surface area contributed by atoms with Crippen molar-refractivity contribution in [3.05, 3.63) is 72.8 Å². The zero-order valence-electron chi connectivity index (χ0n) is 17.8. The van der Waals surface area contributed by atoms with E-state index >= 15 is 0 Å². The maximum absolute atomic E-state index is 13.1. The lowest BCUT2D eigenvalue weighted by Crippen LogP contribution is -2.51. The molecule has 1 heterocycles. The third kappa shape index (κ3) is 5.35. The molecule has 0 aromatic heterocycles. The van der Waals surface area contributed by atoms with Crippen LogP contribution in [0.15, 0.2) is 72.1 Å². The molecule has 0 saturated carbocycles. The Morgan fingerprint density at radius 3 is 2.41 bits per heavy atom. The Morgan fingerprint density at radius 2 is 1.84 bits per heavy atom. The Hall–Kier alpha value is -3.17. The normalized spacial score (nSPS) is 19.2. The number of nitrogens with zero attached hydrogens (tertiary/aromatic N) is 2. The molecule has 1 aliphatic rings. The van der Waals surface area contributed by atoms with Crippen LogP contribution in [-0.2, 0) is 21.4 Å². The summed E-state index contributed by atoms with van der Waals surface area (Å²) in [6, 6.07) is 14.9. The molecule has 1 aliphatic heterocycles. The molecule has 2 unspecified atom stereocenters. The first kappa shape index (κ1) is 23.5. The fraction of sp³-hybridized carbons (Fsp3) is 0.304. The van der Waals surface area contributed by atoms with Gasteiger partial charge in [-0.15, -0.1) is 0 Å². The van der Waals surface area contributed by atoms with Crippen LogP contribution in [0.1, 0.15) is 18.9 Å². The highest BCUT2D eigenvalue weighted by molar-refractivity contribution is 7.89. The molecule has 0 aliphatic carbocycles. The zero-order valence-corrected chi connectivity index (χ0v) is 18.7. The van der Waals surface area contributed by atoms with Gasteiger partial charge in [0.15, 0.2) is 0 Å². The highest BCUT2D eigenvalue weighted by atomic mass is 32.2. The number of rotatable bonds is 7. The standard InChI is InChI=1S/C23H27N3O5S/c1-3-22(27)24-21-13-14-25(15-17(21)2)32(30,31)20-11-9-19(10-12-20)26(23(28)29)16-18-7-5-4-6-8-18/h3-12,17,21H,1,13-16H2,2H3,(H,24,27)(H,28,29). The van der Waals surface area contributed by atoms with Gasteiger partial charge in [-0.05, 0) is 48.2 Å². The monoisotopic (exact) mass is 457 g/mol. The van der Waals surface area contributed by atoms with Gasteiger partial charge in [0, 0.05) is 24.8 Å². The van der Waals surface area contributed by atoms with Gasteiger partial charge in [0.25, 0.3) is 0 Å². The van der Waals surface area contributed by atoms with Crippen LogP contribution >= 0.6 is 0 Å². The first-order valence-corrected chi connectivity index (χ1v) is 11.7. The fourth-order valence-corrected chi connectivity index (χ4v) is 5.32. The lowest BCUT2D eigenvalue weighted by atomic mass is 9.95. The molecular formula is C23H27N3O5S. The van der Waals surface area contributed by atoms with E-state index in [0.717, 1.165) is 5.56 Å². The van der Waals surface area contributed by atoms with Crippen LogP contribution in [0.2, 0.25) is 0 Å². The minimum atomic E-state index is -3.74. The number of amides is 2. The summed E-state index contributed by atoms with van der Waals surface area (Å²) in [6.07, 6.45) is 0.583. The number of nitrogens with one attached hydrogen (secondary N) is 1. The zero-order chi connectivity index (χ0) is 23.3. The van der Waals surface area contributed by atoms with Crippen molar-refractivity contribution in [2.45, 2.75) is 30.8 Å². The summed E-state index contributed by atoms with van der Waals surface area (Å²) in [6.45, 7) is 6.06. The maximum atomic E-state index is 13.1. The van der Waals surface area contributed by atoms with Gasteiger partial charge in [-0.1, -0.05) is 43.8 Å².